The average Bonchev–Trinajstić information content (AvgIpc) is 2.29. The molecule has 0 atom stereocenters. The second kappa shape index (κ2) is 9.80. The van der Waals surface area contributed by atoms with E-state index in [0.29, 0.717) is 18.2 Å². The Labute approximate surface area is 116 Å². The first-order valence-electron chi connectivity index (χ1n) is 6.49. The molecule has 0 rings (SSSR count). The highest BCUT2D eigenvalue weighted by Crippen LogP contribution is 2.51. The van der Waals surface area contributed by atoms with Gasteiger partial charge >= 0.3 is 7.60 Å². The van der Waals surface area contributed by atoms with Crippen molar-refractivity contribution in [3.05, 3.63) is 22.5 Å². The Balaban J connectivity index is 5.08. The Morgan fingerprint density at radius 1 is 1.17 bits per heavy atom. The van der Waals surface area contributed by atoms with Crippen molar-refractivity contribution >= 4 is 19.2 Å². The van der Waals surface area contributed by atoms with Crippen molar-refractivity contribution in [2.45, 2.75) is 47.0 Å². The van der Waals surface area contributed by atoms with Gasteiger partial charge in [0.1, 0.15) is 0 Å². The third-order valence-corrected chi connectivity index (χ3v) is 4.48. The van der Waals surface area contributed by atoms with E-state index in [1.807, 2.05) is 13.0 Å². The maximum absolute atomic E-state index is 12.3. The molecule has 0 aliphatic rings. The van der Waals surface area contributed by atoms with Crippen molar-refractivity contribution in [1.29, 1.82) is 0 Å². The average molecular weight is 295 g/mol. The van der Waals surface area contributed by atoms with Gasteiger partial charge in [0.15, 0.2) is 0 Å². The topological polar surface area (TPSA) is 35.5 Å². The Morgan fingerprint density at radius 3 is 2.11 bits per heavy atom. The lowest BCUT2D eigenvalue weighted by Crippen LogP contribution is -1.94. The van der Waals surface area contributed by atoms with Crippen LogP contribution in [0.25, 0.3) is 0 Å². The van der Waals surface area contributed by atoms with Crippen LogP contribution in [0.1, 0.15) is 47.0 Å². The van der Waals surface area contributed by atoms with Crippen LogP contribution in [-0.2, 0) is 13.6 Å². The number of rotatable bonds is 9. The van der Waals surface area contributed by atoms with E-state index in [2.05, 4.69) is 6.92 Å². The molecule has 0 unspecified atom stereocenters. The van der Waals surface area contributed by atoms with Gasteiger partial charge in [-0.2, -0.15) is 0 Å². The van der Waals surface area contributed by atoms with Crippen molar-refractivity contribution in [2.24, 2.45) is 0 Å². The molecule has 0 aliphatic carbocycles. The molecular weight excluding hydrogens is 271 g/mol. The van der Waals surface area contributed by atoms with Crippen LogP contribution in [0.15, 0.2) is 22.5 Å². The van der Waals surface area contributed by atoms with Crippen LogP contribution in [0.5, 0.6) is 0 Å². The Morgan fingerprint density at radius 2 is 1.72 bits per heavy atom. The van der Waals surface area contributed by atoms with E-state index in [1.54, 1.807) is 13.8 Å². The summed E-state index contributed by atoms with van der Waals surface area (Å²) >= 11 is 6.22. The number of allylic oxidation sites excluding steroid dienone is 3. The minimum atomic E-state index is -3.21. The van der Waals surface area contributed by atoms with Crippen LogP contribution in [0, 0.1) is 0 Å². The molecule has 0 fully saturated rings. The molecule has 18 heavy (non-hydrogen) atoms. The van der Waals surface area contributed by atoms with Crippen LogP contribution in [-0.4, -0.2) is 13.2 Å². The van der Waals surface area contributed by atoms with Crippen LogP contribution < -0.4 is 0 Å². The summed E-state index contributed by atoms with van der Waals surface area (Å²) in [5, 5.41) is 0.476. The molecule has 0 bridgehead atoms. The molecule has 0 aromatic rings. The van der Waals surface area contributed by atoms with Gasteiger partial charge < -0.3 is 9.05 Å². The lowest BCUT2D eigenvalue weighted by atomic mass is 10.1. The second-order valence-electron chi connectivity index (χ2n) is 3.74. The number of hydrogen-bond donors (Lipinski definition) is 0. The molecule has 0 radical (unpaired) electrons. The standard InChI is InChI=1S/C13H24ClO3P/c1-5-9-12(10-6-2)13(14)11-18(15,16-7-3)17-8-4/h9,11H,5-8,10H2,1-4H3/b12-9+,13-11-. The summed E-state index contributed by atoms with van der Waals surface area (Å²) in [6.45, 7) is 8.35. The van der Waals surface area contributed by atoms with E-state index >= 15 is 0 Å². The fraction of sp³-hybridized carbons (Fsp3) is 0.692. The van der Waals surface area contributed by atoms with Gasteiger partial charge in [0.25, 0.3) is 0 Å². The van der Waals surface area contributed by atoms with E-state index < -0.39 is 7.60 Å². The Hall–Kier alpha value is -0.0800. The van der Waals surface area contributed by atoms with E-state index in [9.17, 15) is 4.57 Å². The third kappa shape index (κ3) is 6.75. The van der Waals surface area contributed by atoms with E-state index in [-0.39, 0.29) is 0 Å². The van der Waals surface area contributed by atoms with E-state index in [1.165, 1.54) is 5.82 Å². The smallest absolute Gasteiger partial charge is 0.306 e. The van der Waals surface area contributed by atoms with Gasteiger partial charge in [-0.15, -0.1) is 0 Å². The van der Waals surface area contributed by atoms with Gasteiger partial charge in [-0.25, -0.2) is 0 Å². The summed E-state index contributed by atoms with van der Waals surface area (Å²) in [5.74, 6) is 1.43. The second-order valence-corrected chi connectivity index (χ2v) is 6.00. The van der Waals surface area contributed by atoms with Crippen LogP contribution in [0.3, 0.4) is 0 Å². The maximum Gasteiger partial charge on any atom is 0.355 e. The summed E-state index contributed by atoms with van der Waals surface area (Å²) in [4.78, 5) is 0. The van der Waals surface area contributed by atoms with Crippen molar-refractivity contribution in [3.8, 4) is 0 Å². The minimum Gasteiger partial charge on any atom is -0.306 e. The number of hydrogen-bond acceptors (Lipinski definition) is 3. The molecule has 0 aliphatic heterocycles. The van der Waals surface area contributed by atoms with Gasteiger partial charge in [0.2, 0.25) is 0 Å². The highest BCUT2D eigenvalue weighted by molar-refractivity contribution is 7.57. The van der Waals surface area contributed by atoms with Gasteiger partial charge in [-0.05, 0) is 32.3 Å². The highest BCUT2D eigenvalue weighted by atomic mass is 35.5. The predicted octanol–water partition coefficient (Wildman–Crippen LogP) is 5.47. The quantitative estimate of drug-likeness (QED) is 0.418. The number of halogens is 1. The first-order valence-corrected chi connectivity index (χ1v) is 8.48. The first kappa shape index (κ1) is 17.9. The third-order valence-electron chi connectivity index (χ3n) is 2.17. The monoisotopic (exact) mass is 294 g/mol. The molecule has 3 nitrogen and oxygen atoms in total. The summed E-state index contributed by atoms with van der Waals surface area (Å²) in [7, 11) is -3.21. The largest absolute Gasteiger partial charge is 0.355 e. The lowest BCUT2D eigenvalue weighted by Gasteiger charge is -2.14. The Kier molecular flexibility index (Phi) is 9.76. The lowest BCUT2D eigenvalue weighted by molar-refractivity contribution is 0.229. The Bertz CT molecular complexity index is 327. The first-order chi connectivity index (χ1) is 8.52. The van der Waals surface area contributed by atoms with Crippen LogP contribution in [0.2, 0.25) is 0 Å². The maximum atomic E-state index is 12.3. The summed E-state index contributed by atoms with van der Waals surface area (Å²) in [6, 6.07) is 0. The van der Waals surface area contributed by atoms with E-state index in [4.69, 9.17) is 20.6 Å². The molecule has 0 N–H and O–H groups in total. The fourth-order valence-electron chi connectivity index (χ4n) is 1.53. The zero-order valence-electron chi connectivity index (χ0n) is 11.7. The molecule has 0 saturated carbocycles. The molecule has 5 heteroatoms. The summed E-state index contributed by atoms with van der Waals surface area (Å²) in [6.07, 6.45) is 4.79. The van der Waals surface area contributed by atoms with Crippen molar-refractivity contribution in [2.75, 3.05) is 13.2 Å². The molecule has 0 spiro atoms. The highest BCUT2D eigenvalue weighted by Gasteiger charge is 2.21. The molecule has 0 amide bonds. The molecule has 0 saturated heterocycles. The molecular formula is C13H24ClO3P. The molecule has 0 aromatic heterocycles. The minimum absolute atomic E-state index is 0.332. The van der Waals surface area contributed by atoms with Crippen molar-refractivity contribution in [3.63, 3.8) is 0 Å². The summed E-state index contributed by atoms with van der Waals surface area (Å²) in [5.41, 5.74) is 1.00. The van der Waals surface area contributed by atoms with Gasteiger partial charge in [-0.3, -0.25) is 4.57 Å². The molecule has 0 heterocycles. The van der Waals surface area contributed by atoms with E-state index in [0.717, 1.165) is 24.8 Å². The van der Waals surface area contributed by atoms with Crippen molar-refractivity contribution < 1.29 is 13.6 Å². The zero-order chi connectivity index (χ0) is 14.0. The van der Waals surface area contributed by atoms with Gasteiger partial charge in [0.05, 0.1) is 18.2 Å². The van der Waals surface area contributed by atoms with Gasteiger partial charge in [0, 0.05) is 5.82 Å². The van der Waals surface area contributed by atoms with Crippen LogP contribution >= 0.6 is 19.2 Å². The predicted molar refractivity (Wildman–Crippen MR) is 78.1 cm³/mol. The van der Waals surface area contributed by atoms with Crippen LogP contribution in [0.4, 0.5) is 0 Å². The fourth-order valence-corrected chi connectivity index (χ4v) is 3.45. The van der Waals surface area contributed by atoms with Gasteiger partial charge in [-0.1, -0.05) is 37.9 Å². The summed E-state index contributed by atoms with van der Waals surface area (Å²) < 4.78 is 22.7. The molecule has 106 valence electrons. The molecule has 0 aromatic carbocycles. The normalized spacial score (nSPS) is 14.1. The SMILES string of the molecule is CC/C=C(CCC)/C(Cl)=C/P(=O)(OCC)OCC. The van der Waals surface area contributed by atoms with Crippen molar-refractivity contribution in [1.82, 2.24) is 0 Å². The zero-order valence-corrected chi connectivity index (χ0v) is 13.4.